The van der Waals surface area contributed by atoms with Crippen LogP contribution in [0.25, 0.3) is 11.1 Å². The largest absolute Gasteiger partial charge is 0.480 e. The highest BCUT2D eigenvalue weighted by Crippen LogP contribution is 2.44. The Morgan fingerprint density at radius 1 is 0.938 bits per heavy atom. The number of fused-ring (bicyclic) bond motifs is 3. The first-order valence-electron chi connectivity index (χ1n) is 9.85. The van der Waals surface area contributed by atoms with Crippen molar-refractivity contribution >= 4 is 35.3 Å². The topological polar surface area (TPSA) is 105 Å². The van der Waals surface area contributed by atoms with E-state index in [2.05, 4.69) is 22.8 Å². The molecule has 0 spiro atoms. The number of ether oxygens (including phenoxy) is 1. The van der Waals surface area contributed by atoms with Crippen molar-refractivity contribution in [2.24, 2.45) is 0 Å². The number of carbonyl (C=O) groups is 3. The summed E-state index contributed by atoms with van der Waals surface area (Å²) in [5.41, 5.74) is 4.78. The summed E-state index contributed by atoms with van der Waals surface area (Å²) < 4.78 is 5.49. The molecule has 4 rings (SSSR count). The number of aliphatic carboxylic acids is 1. The minimum Gasteiger partial charge on any atom is -0.480 e. The van der Waals surface area contributed by atoms with Crippen molar-refractivity contribution in [3.8, 4) is 11.1 Å². The fraction of sp³-hybridized carbons (Fsp3) is 0.125. The SMILES string of the molecule is O=C(O)CNC(=O)c1ccc(Cl)c(NC(=O)OCC2c3ccccc3-c3ccccc32)c1. The van der Waals surface area contributed by atoms with Gasteiger partial charge in [0, 0.05) is 11.5 Å². The van der Waals surface area contributed by atoms with Crippen LogP contribution in [0.3, 0.4) is 0 Å². The van der Waals surface area contributed by atoms with Crippen LogP contribution in [-0.4, -0.2) is 36.2 Å². The van der Waals surface area contributed by atoms with E-state index in [1.165, 1.54) is 18.2 Å². The minimum atomic E-state index is -1.16. The Kier molecular flexibility index (Phi) is 6.09. The van der Waals surface area contributed by atoms with E-state index in [1.54, 1.807) is 0 Å². The summed E-state index contributed by atoms with van der Waals surface area (Å²) >= 11 is 6.14. The van der Waals surface area contributed by atoms with Crippen LogP contribution < -0.4 is 10.6 Å². The molecule has 0 bridgehead atoms. The van der Waals surface area contributed by atoms with Crippen molar-refractivity contribution < 1.29 is 24.2 Å². The van der Waals surface area contributed by atoms with Crippen molar-refractivity contribution in [3.63, 3.8) is 0 Å². The van der Waals surface area contributed by atoms with Gasteiger partial charge < -0.3 is 15.2 Å². The van der Waals surface area contributed by atoms with Gasteiger partial charge in [0.25, 0.3) is 5.91 Å². The quantitative estimate of drug-likeness (QED) is 0.512. The number of benzene rings is 3. The molecule has 1 aliphatic rings. The van der Waals surface area contributed by atoms with E-state index in [0.29, 0.717) is 0 Å². The summed E-state index contributed by atoms with van der Waals surface area (Å²) in [6.45, 7) is -0.382. The maximum atomic E-state index is 12.5. The Morgan fingerprint density at radius 3 is 2.19 bits per heavy atom. The van der Waals surface area contributed by atoms with Crippen LogP contribution in [0.4, 0.5) is 10.5 Å². The first-order valence-corrected chi connectivity index (χ1v) is 10.2. The van der Waals surface area contributed by atoms with Gasteiger partial charge in [0.05, 0.1) is 10.7 Å². The molecule has 3 aromatic carbocycles. The first-order chi connectivity index (χ1) is 15.4. The lowest BCUT2D eigenvalue weighted by Gasteiger charge is -2.15. The summed E-state index contributed by atoms with van der Waals surface area (Å²) in [7, 11) is 0. The Hall–Kier alpha value is -3.84. The standard InChI is InChI=1S/C24H19ClN2O5/c25-20-10-9-14(23(30)26-12-22(28)29)11-21(20)27-24(31)32-13-19-17-7-3-1-5-15(17)16-6-2-4-8-18(16)19/h1-11,19H,12-13H2,(H,26,30)(H,27,31)(H,28,29). The fourth-order valence-electron chi connectivity index (χ4n) is 3.76. The van der Waals surface area contributed by atoms with E-state index >= 15 is 0 Å². The number of amides is 2. The second-order valence-electron chi connectivity index (χ2n) is 7.22. The molecule has 0 saturated carbocycles. The van der Waals surface area contributed by atoms with Crippen molar-refractivity contribution in [2.75, 3.05) is 18.5 Å². The normalized spacial score (nSPS) is 11.9. The number of carbonyl (C=O) groups excluding carboxylic acids is 2. The smallest absolute Gasteiger partial charge is 0.411 e. The molecule has 3 N–H and O–H groups in total. The Balaban J connectivity index is 1.44. The van der Waals surface area contributed by atoms with E-state index in [9.17, 15) is 14.4 Å². The van der Waals surface area contributed by atoms with E-state index in [-0.39, 0.29) is 28.8 Å². The number of rotatable bonds is 6. The number of nitrogens with one attached hydrogen (secondary N) is 2. The first kappa shape index (κ1) is 21.4. The second-order valence-corrected chi connectivity index (χ2v) is 7.63. The van der Waals surface area contributed by atoms with Gasteiger partial charge in [-0.3, -0.25) is 14.9 Å². The number of halogens is 1. The zero-order valence-corrected chi connectivity index (χ0v) is 17.6. The molecule has 0 atom stereocenters. The molecule has 162 valence electrons. The van der Waals surface area contributed by atoms with Gasteiger partial charge >= 0.3 is 12.1 Å². The number of carboxylic acids is 1. The van der Waals surface area contributed by atoms with Gasteiger partial charge in [0.15, 0.2) is 0 Å². The van der Waals surface area contributed by atoms with Gasteiger partial charge in [-0.15, -0.1) is 0 Å². The predicted molar refractivity (Wildman–Crippen MR) is 120 cm³/mol. The maximum absolute atomic E-state index is 12.5. The second kappa shape index (κ2) is 9.11. The lowest BCUT2D eigenvalue weighted by molar-refractivity contribution is -0.135. The van der Waals surface area contributed by atoms with E-state index < -0.39 is 24.5 Å². The van der Waals surface area contributed by atoms with E-state index in [4.69, 9.17) is 21.4 Å². The lowest BCUT2D eigenvalue weighted by atomic mass is 9.98. The summed E-state index contributed by atoms with van der Waals surface area (Å²) in [4.78, 5) is 35.2. The zero-order chi connectivity index (χ0) is 22.7. The molecular weight excluding hydrogens is 432 g/mol. The third-order valence-corrected chi connectivity index (χ3v) is 5.54. The highest BCUT2D eigenvalue weighted by atomic mass is 35.5. The van der Waals surface area contributed by atoms with Crippen LogP contribution >= 0.6 is 11.6 Å². The van der Waals surface area contributed by atoms with Gasteiger partial charge in [-0.05, 0) is 40.5 Å². The minimum absolute atomic E-state index is 0.0863. The number of hydrogen-bond acceptors (Lipinski definition) is 4. The predicted octanol–water partition coefficient (Wildman–Crippen LogP) is 4.52. The molecule has 8 heteroatoms. The maximum Gasteiger partial charge on any atom is 0.411 e. The molecule has 7 nitrogen and oxygen atoms in total. The summed E-state index contributed by atoms with van der Waals surface area (Å²) in [6, 6.07) is 20.3. The van der Waals surface area contributed by atoms with Crippen LogP contribution in [0.1, 0.15) is 27.4 Å². The highest BCUT2D eigenvalue weighted by Gasteiger charge is 2.29. The molecule has 0 unspecified atom stereocenters. The third kappa shape index (κ3) is 4.43. The van der Waals surface area contributed by atoms with Crippen LogP contribution in [-0.2, 0) is 9.53 Å². The molecule has 2 amide bonds. The average Bonchev–Trinajstić information content (AvgIpc) is 3.11. The highest BCUT2D eigenvalue weighted by molar-refractivity contribution is 6.33. The van der Waals surface area contributed by atoms with Crippen molar-refractivity contribution in [1.29, 1.82) is 0 Å². The third-order valence-electron chi connectivity index (χ3n) is 5.21. The monoisotopic (exact) mass is 450 g/mol. The Labute approximate surface area is 189 Å². The molecule has 3 aromatic rings. The molecule has 0 saturated heterocycles. The average molecular weight is 451 g/mol. The van der Waals surface area contributed by atoms with Crippen LogP contribution in [0.5, 0.6) is 0 Å². The van der Waals surface area contributed by atoms with Crippen molar-refractivity contribution in [1.82, 2.24) is 5.32 Å². The Bertz CT molecular complexity index is 1160. The molecule has 0 aromatic heterocycles. The summed E-state index contributed by atoms with van der Waals surface area (Å²) in [5, 5.41) is 13.7. The van der Waals surface area contributed by atoms with E-state index in [0.717, 1.165) is 22.3 Å². The Morgan fingerprint density at radius 2 is 1.56 bits per heavy atom. The van der Waals surface area contributed by atoms with Crippen LogP contribution in [0.15, 0.2) is 66.7 Å². The summed E-state index contributed by atoms with van der Waals surface area (Å²) in [5.74, 6) is -1.85. The van der Waals surface area contributed by atoms with Crippen molar-refractivity contribution in [2.45, 2.75) is 5.92 Å². The number of carboxylic acid groups (broad SMARTS) is 1. The molecule has 0 fully saturated rings. The van der Waals surface area contributed by atoms with Gasteiger partial charge in [-0.2, -0.15) is 0 Å². The van der Waals surface area contributed by atoms with Crippen molar-refractivity contribution in [3.05, 3.63) is 88.4 Å². The molecule has 32 heavy (non-hydrogen) atoms. The van der Waals surface area contributed by atoms with Gasteiger partial charge in [-0.1, -0.05) is 60.1 Å². The van der Waals surface area contributed by atoms with Crippen LogP contribution in [0.2, 0.25) is 5.02 Å². The van der Waals surface area contributed by atoms with Gasteiger partial charge in [-0.25, -0.2) is 4.79 Å². The van der Waals surface area contributed by atoms with Gasteiger partial charge in [0.2, 0.25) is 0 Å². The molecule has 0 radical (unpaired) electrons. The summed E-state index contributed by atoms with van der Waals surface area (Å²) in [6.07, 6.45) is -0.711. The molecule has 0 heterocycles. The van der Waals surface area contributed by atoms with Crippen LogP contribution in [0, 0.1) is 0 Å². The molecule has 0 aliphatic heterocycles. The molecular formula is C24H19ClN2O5. The number of hydrogen-bond donors (Lipinski definition) is 3. The zero-order valence-electron chi connectivity index (χ0n) is 16.8. The van der Waals surface area contributed by atoms with Gasteiger partial charge in [0.1, 0.15) is 13.2 Å². The fourth-order valence-corrected chi connectivity index (χ4v) is 3.93. The number of anilines is 1. The van der Waals surface area contributed by atoms with E-state index in [1.807, 2.05) is 36.4 Å². The lowest BCUT2D eigenvalue weighted by Crippen LogP contribution is -2.29. The molecule has 1 aliphatic carbocycles.